The Labute approximate surface area is 188 Å². The highest BCUT2D eigenvalue weighted by Crippen LogP contribution is 2.16. The van der Waals surface area contributed by atoms with Crippen LogP contribution in [-0.2, 0) is 0 Å². The summed E-state index contributed by atoms with van der Waals surface area (Å²) in [6.45, 7) is 2.24. The quantitative estimate of drug-likeness (QED) is 0.244. The second kappa shape index (κ2) is 12.3. The molecule has 31 heavy (non-hydrogen) atoms. The van der Waals surface area contributed by atoms with Crippen molar-refractivity contribution in [2.45, 2.75) is 38.7 Å². The number of hydrogen-bond donors (Lipinski definition) is 0. The van der Waals surface area contributed by atoms with Crippen LogP contribution in [0.5, 0.6) is 0 Å². The maximum absolute atomic E-state index is 3.61. The van der Waals surface area contributed by atoms with Crippen molar-refractivity contribution in [3.8, 4) is 34.4 Å². The molecule has 3 aromatic rings. The van der Waals surface area contributed by atoms with Gasteiger partial charge in [-0.2, -0.15) is 0 Å². The minimum absolute atomic E-state index is 0.979. The molecule has 152 valence electrons. The highest BCUT2D eigenvalue weighted by molar-refractivity contribution is 7.00. The van der Waals surface area contributed by atoms with Crippen LogP contribution in [0.25, 0.3) is 0 Å². The van der Waals surface area contributed by atoms with E-state index in [2.05, 4.69) is 77.7 Å². The standard InChI is InChI=1S/C30H28Si/c1-2-3-4-14-24-31(25-21-28-15-8-5-9-16-28,26-22-29-17-10-6-11-18-29)27-23-30-19-12-7-13-20-30/h5-13,15-20H,2-4,14,24H2,1H3. The van der Waals surface area contributed by atoms with E-state index in [0.29, 0.717) is 0 Å². The fraction of sp³-hybridized carbons (Fsp3) is 0.200. The van der Waals surface area contributed by atoms with E-state index in [1.54, 1.807) is 0 Å². The molecule has 0 saturated heterocycles. The number of benzene rings is 3. The van der Waals surface area contributed by atoms with Crippen molar-refractivity contribution in [2.75, 3.05) is 0 Å². The van der Waals surface area contributed by atoms with Crippen LogP contribution in [-0.4, -0.2) is 8.07 Å². The summed E-state index contributed by atoms with van der Waals surface area (Å²) in [6.07, 6.45) is 4.79. The van der Waals surface area contributed by atoms with Crippen LogP contribution in [0.4, 0.5) is 0 Å². The van der Waals surface area contributed by atoms with Gasteiger partial charge in [0.25, 0.3) is 8.07 Å². The third kappa shape index (κ3) is 7.72. The van der Waals surface area contributed by atoms with Crippen molar-refractivity contribution in [3.05, 3.63) is 108 Å². The van der Waals surface area contributed by atoms with Gasteiger partial charge in [-0.1, -0.05) is 122 Å². The molecule has 0 nitrogen and oxygen atoms in total. The predicted molar refractivity (Wildman–Crippen MR) is 135 cm³/mol. The Hall–Kier alpha value is -3.44. The van der Waals surface area contributed by atoms with Gasteiger partial charge in [0.05, 0.1) is 0 Å². The minimum atomic E-state index is -2.48. The highest BCUT2D eigenvalue weighted by atomic mass is 28.3. The van der Waals surface area contributed by atoms with Crippen molar-refractivity contribution >= 4 is 8.07 Å². The normalized spacial score (nSPS) is 9.97. The first-order valence-corrected chi connectivity index (χ1v) is 13.2. The van der Waals surface area contributed by atoms with Crippen molar-refractivity contribution in [1.82, 2.24) is 0 Å². The van der Waals surface area contributed by atoms with E-state index in [0.717, 1.165) is 29.2 Å². The van der Waals surface area contributed by atoms with E-state index in [-0.39, 0.29) is 0 Å². The monoisotopic (exact) mass is 416 g/mol. The molecule has 0 aromatic heterocycles. The van der Waals surface area contributed by atoms with E-state index in [9.17, 15) is 0 Å². The lowest BCUT2D eigenvalue weighted by atomic mass is 10.2. The summed E-state index contributed by atoms with van der Waals surface area (Å²) in [5.41, 5.74) is 13.9. The molecule has 0 fully saturated rings. The minimum Gasteiger partial charge on any atom is -0.0953 e. The maximum Gasteiger partial charge on any atom is 0.292 e. The lowest BCUT2D eigenvalue weighted by Crippen LogP contribution is -2.30. The first-order chi connectivity index (χ1) is 15.3. The SMILES string of the molecule is CCCCCC[Si](C#Cc1ccccc1)(C#Cc1ccccc1)C#Cc1ccccc1. The Balaban J connectivity index is 2.03. The molecule has 0 bridgehead atoms. The number of unbranched alkanes of at least 4 members (excludes halogenated alkanes) is 3. The molecule has 0 heterocycles. The molecule has 0 radical (unpaired) electrons. The van der Waals surface area contributed by atoms with Gasteiger partial charge in [-0.05, 0) is 42.4 Å². The smallest absolute Gasteiger partial charge is 0.0953 e. The third-order valence-corrected chi connectivity index (χ3v) is 7.75. The van der Waals surface area contributed by atoms with Crippen LogP contribution >= 0.6 is 0 Å². The van der Waals surface area contributed by atoms with Gasteiger partial charge in [0, 0.05) is 16.7 Å². The van der Waals surface area contributed by atoms with Gasteiger partial charge >= 0.3 is 0 Å². The van der Waals surface area contributed by atoms with Crippen LogP contribution in [0.15, 0.2) is 91.0 Å². The first-order valence-electron chi connectivity index (χ1n) is 11.0. The van der Waals surface area contributed by atoms with E-state index in [4.69, 9.17) is 0 Å². The largest absolute Gasteiger partial charge is 0.292 e. The molecular formula is C30H28Si. The molecule has 3 rings (SSSR count). The molecule has 0 aliphatic heterocycles. The summed E-state index contributed by atoms with van der Waals surface area (Å²) < 4.78 is 0. The number of rotatable bonds is 5. The van der Waals surface area contributed by atoms with Gasteiger partial charge in [-0.3, -0.25) is 0 Å². The summed E-state index contributed by atoms with van der Waals surface area (Å²) in [6, 6.07) is 31.5. The van der Waals surface area contributed by atoms with Crippen molar-refractivity contribution < 1.29 is 0 Å². The molecule has 0 spiro atoms. The Morgan fingerprint density at radius 1 is 0.516 bits per heavy atom. The summed E-state index contributed by atoms with van der Waals surface area (Å²) >= 11 is 0. The lowest BCUT2D eigenvalue weighted by Gasteiger charge is -2.13. The summed E-state index contributed by atoms with van der Waals surface area (Å²) in [4.78, 5) is 0. The maximum atomic E-state index is 3.61. The van der Waals surface area contributed by atoms with Gasteiger partial charge < -0.3 is 0 Å². The van der Waals surface area contributed by atoms with Gasteiger partial charge in [0.1, 0.15) is 0 Å². The highest BCUT2D eigenvalue weighted by Gasteiger charge is 2.27. The van der Waals surface area contributed by atoms with Crippen LogP contribution in [0.3, 0.4) is 0 Å². The topological polar surface area (TPSA) is 0 Å². The van der Waals surface area contributed by atoms with Gasteiger partial charge in [0.15, 0.2) is 0 Å². The molecule has 0 N–H and O–H groups in total. The Morgan fingerprint density at radius 2 is 0.903 bits per heavy atom. The molecule has 0 aliphatic rings. The molecule has 1 heteroatoms. The Morgan fingerprint density at radius 3 is 1.26 bits per heavy atom. The summed E-state index contributed by atoms with van der Waals surface area (Å²) in [5.74, 6) is 10.2. The van der Waals surface area contributed by atoms with Crippen LogP contribution in [0.1, 0.15) is 49.3 Å². The summed E-state index contributed by atoms with van der Waals surface area (Å²) in [5, 5.41) is 0. The van der Waals surface area contributed by atoms with E-state index >= 15 is 0 Å². The molecule has 3 aromatic carbocycles. The second-order valence-corrected chi connectivity index (χ2v) is 10.6. The molecule has 0 atom stereocenters. The van der Waals surface area contributed by atoms with Crippen LogP contribution in [0, 0.1) is 34.4 Å². The second-order valence-electron chi connectivity index (χ2n) is 7.56. The fourth-order valence-corrected chi connectivity index (χ4v) is 5.62. The van der Waals surface area contributed by atoms with Gasteiger partial charge in [0.2, 0.25) is 0 Å². The zero-order chi connectivity index (χ0) is 21.6. The van der Waals surface area contributed by atoms with Crippen molar-refractivity contribution in [3.63, 3.8) is 0 Å². The first kappa shape index (κ1) is 22.2. The molecular weight excluding hydrogens is 388 g/mol. The predicted octanol–water partition coefficient (Wildman–Crippen LogP) is 6.79. The van der Waals surface area contributed by atoms with Crippen molar-refractivity contribution in [1.29, 1.82) is 0 Å². The Kier molecular flexibility index (Phi) is 8.83. The third-order valence-electron chi connectivity index (χ3n) is 4.99. The average Bonchev–Trinajstić information content (AvgIpc) is 2.84. The molecule has 0 aliphatic carbocycles. The van der Waals surface area contributed by atoms with Crippen molar-refractivity contribution in [2.24, 2.45) is 0 Å². The van der Waals surface area contributed by atoms with Gasteiger partial charge in [-0.25, -0.2) is 0 Å². The number of hydrogen-bond acceptors (Lipinski definition) is 0. The van der Waals surface area contributed by atoms with Crippen LogP contribution in [0.2, 0.25) is 6.04 Å². The van der Waals surface area contributed by atoms with E-state index in [1.165, 1.54) is 19.3 Å². The average molecular weight is 417 g/mol. The van der Waals surface area contributed by atoms with E-state index < -0.39 is 8.07 Å². The molecule has 0 amide bonds. The molecule has 0 unspecified atom stereocenters. The zero-order valence-corrected chi connectivity index (χ0v) is 19.2. The lowest BCUT2D eigenvalue weighted by molar-refractivity contribution is 0.699. The zero-order valence-electron chi connectivity index (χ0n) is 18.2. The summed E-state index contributed by atoms with van der Waals surface area (Å²) in [7, 11) is -2.48. The Bertz CT molecular complexity index is 973. The fourth-order valence-electron chi connectivity index (χ4n) is 3.20. The van der Waals surface area contributed by atoms with Gasteiger partial charge in [-0.15, -0.1) is 0 Å². The van der Waals surface area contributed by atoms with Crippen LogP contribution < -0.4 is 0 Å². The molecule has 0 saturated carbocycles. The van der Waals surface area contributed by atoms with E-state index in [1.807, 2.05) is 54.6 Å².